The fourth-order valence-corrected chi connectivity index (χ4v) is 3.22. The van der Waals surface area contributed by atoms with Gasteiger partial charge in [-0.2, -0.15) is 0 Å². The van der Waals surface area contributed by atoms with E-state index in [1.807, 2.05) is 47.4 Å². The van der Waals surface area contributed by atoms with Crippen molar-refractivity contribution >= 4 is 33.6 Å². The summed E-state index contributed by atoms with van der Waals surface area (Å²) in [5.41, 5.74) is 3.56. The van der Waals surface area contributed by atoms with Crippen molar-refractivity contribution < 1.29 is 9.53 Å². The van der Waals surface area contributed by atoms with Crippen LogP contribution in [0, 0.1) is 0 Å². The summed E-state index contributed by atoms with van der Waals surface area (Å²) in [7, 11) is 0. The zero-order valence-corrected chi connectivity index (χ0v) is 15.3. The Labute approximate surface area is 151 Å². The number of alkyl halides is 1. The lowest BCUT2D eigenvalue weighted by atomic mass is 10.1. The van der Waals surface area contributed by atoms with Gasteiger partial charge in [-0.25, -0.2) is 0 Å². The molecule has 0 fully saturated rings. The quantitative estimate of drug-likeness (QED) is 0.689. The molecule has 0 N–H and O–H groups in total. The van der Waals surface area contributed by atoms with Gasteiger partial charge in [0.15, 0.2) is 5.75 Å². The fraction of sp³-hybridized carbons (Fsp3) is 0.250. The van der Waals surface area contributed by atoms with E-state index < -0.39 is 0 Å². The van der Waals surface area contributed by atoms with Gasteiger partial charge in [-0.15, -0.1) is 0 Å². The highest BCUT2D eigenvalue weighted by atomic mass is 79.9. The van der Waals surface area contributed by atoms with E-state index >= 15 is 0 Å². The molecule has 2 aromatic carbocycles. The van der Waals surface area contributed by atoms with Crippen molar-refractivity contribution in [3.05, 3.63) is 65.7 Å². The minimum absolute atomic E-state index is 0.000310. The van der Waals surface area contributed by atoms with E-state index in [2.05, 4.69) is 29.4 Å². The molecule has 0 aromatic heterocycles. The second kappa shape index (κ2) is 7.22. The summed E-state index contributed by atoms with van der Waals surface area (Å²) in [6, 6.07) is 13.5. The Morgan fingerprint density at radius 3 is 2.71 bits per heavy atom. The third-order valence-electron chi connectivity index (χ3n) is 4.26. The Balaban J connectivity index is 2.00. The standard InChI is InChI=1S/C20H20BrNO2/c1-3-15-6-5-7-18-19(15)24-17(4-2)13-22(18)20(23)16-10-8-14(12-21)9-11-16/h3,5-11,17H,1,4,12-13H2,2H3. The van der Waals surface area contributed by atoms with Crippen LogP contribution in [0.2, 0.25) is 0 Å². The van der Waals surface area contributed by atoms with E-state index in [1.54, 1.807) is 6.08 Å². The van der Waals surface area contributed by atoms with Crippen LogP contribution in [0.5, 0.6) is 5.75 Å². The van der Waals surface area contributed by atoms with Crippen LogP contribution < -0.4 is 9.64 Å². The van der Waals surface area contributed by atoms with E-state index in [-0.39, 0.29) is 12.0 Å². The van der Waals surface area contributed by atoms with Crippen LogP contribution in [0.15, 0.2) is 49.0 Å². The van der Waals surface area contributed by atoms with Gasteiger partial charge in [0.25, 0.3) is 5.91 Å². The molecular weight excluding hydrogens is 366 g/mol. The molecule has 0 spiro atoms. The number of fused-ring (bicyclic) bond motifs is 1. The molecule has 0 bridgehead atoms. The monoisotopic (exact) mass is 385 g/mol. The normalized spacial score (nSPS) is 16.2. The molecule has 124 valence electrons. The van der Waals surface area contributed by atoms with Crippen molar-refractivity contribution in [1.82, 2.24) is 0 Å². The Hall–Kier alpha value is -2.07. The number of amides is 1. The van der Waals surface area contributed by atoms with Crippen LogP contribution in [-0.2, 0) is 5.33 Å². The average Bonchev–Trinajstić information content (AvgIpc) is 2.66. The summed E-state index contributed by atoms with van der Waals surface area (Å²) >= 11 is 3.43. The zero-order chi connectivity index (χ0) is 17.1. The summed E-state index contributed by atoms with van der Waals surface area (Å²) in [6.45, 7) is 6.48. The largest absolute Gasteiger partial charge is 0.486 e. The highest BCUT2D eigenvalue weighted by molar-refractivity contribution is 9.08. The van der Waals surface area contributed by atoms with Crippen molar-refractivity contribution in [2.24, 2.45) is 0 Å². The molecule has 0 saturated carbocycles. The number of ether oxygens (including phenoxy) is 1. The van der Waals surface area contributed by atoms with Crippen molar-refractivity contribution in [1.29, 1.82) is 0 Å². The fourth-order valence-electron chi connectivity index (χ4n) is 2.85. The first kappa shape index (κ1) is 16.8. The van der Waals surface area contributed by atoms with Crippen molar-refractivity contribution in [2.75, 3.05) is 11.4 Å². The van der Waals surface area contributed by atoms with Gasteiger partial charge in [0.2, 0.25) is 0 Å². The van der Waals surface area contributed by atoms with Crippen LogP contribution in [0.1, 0.15) is 34.8 Å². The molecule has 1 aliphatic rings. The summed E-state index contributed by atoms with van der Waals surface area (Å²) in [6.07, 6.45) is 2.60. The molecule has 3 nitrogen and oxygen atoms in total. The van der Waals surface area contributed by atoms with Crippen molar-refractivity contribution in [3.8, 4) is 5.75 Å². The minimum atomic E-state index is -0.00985. The van der Waals surface area contributed by atoms with Gasteiger partial charge in [-0.3, -0.25) is 4.79 Å². The molecule has 1 heterocycles. The maximum absolute atomic E-state index is 13.1. The smallest absolute Gasteiger partial charge is 0.258 e. The lowest BCUT2D eigenvalue weighted by molar-refractivity contribution is 0.0954. The first-order chi connectivity index (χ1) is 11.7. The van der Waals surface area contributed by atoms with Crippen LogP contribution in [0.3, 0.4) is 0 Å². The molecule has 1 atom stereocenters. The average molecular weight is 386 g/mol. The number of anilines is 1. The van der Waals surface area contributed by atoms with E-state index in [0.717, 1.165) is 34.3 Å². The number of carbonyl (C=O) groups is 1. The van der Waals surface area contributed by atoms with E-state index in [4.69, 9.17) is 4.74 Å². The lowest BCUT2D eigenvalue weighted by Gasteiger charge is -2.35. The molecule has 0 radical (unpaired) electrons. The van der Waals surface area contributed by atoms with Crippen LogP contribution in [0.25, 0.3) is 6.08 Å². The number of benzene rings is 2. The summed E-state index contributed by atoms with van der Waals surface area (Å²) in [5, 5.41) is 0.780. The first-order valence-corrected chi connectivity index (χ1v) is 9.19. The second-order valence-electron chi connectivity index (χ2n) is 5.79. The van der Waals surface area contributed by atoms with Gasteiger partial charge in [0.05, 0.1) is 12.2 Å². The number of hydrogen-bond donors (Lipinski definition) is 0. The molecular formula is C20H20BrNO2. The lowest BCUT2D eigenvalue weighted by Crippen LogP contribution is -2.43. The molecule has 4 heteroatoms. The molecule has 0 saturated heterocycles. The SMILES string of the molecule is C=Cc1cccc2c1OC(CC)CN2C(=O)c1ccc(CBr)cc1. The first-order valence-electron chi connectivity index (χ1n) is 8.06. The van der Waals surface area contributed by atoms with Gasteiger partial charge in [-0.1, -0.05) is 59.8 Å². The van der Waals surface area contributed by atoms with Crippen LogP contribution in [-0.4, -0.2) is 18.6 Å². The Morgan fingerprint density at radius 1 is 1.33 bits per heavy atom. The molecule has 3 rings (SSSR count). The summed E-state index contributed by atoms with van der Waals surface area (Å²) < 4.78 is 6.08. The zero-order valence-electron chi connectivity index (χ0n) is 13.7. The maximum atomic E-state index is 13.1. The van der Waals surface area contributed by atoms with Gasteiger partial charge < -0.3 is 9.64 Å². The highest BCUT2D eigenvalue weighted by Gasteiger charge is 2.30. The molecule has 1 unspecified atom stereocenters. The predicted octanol–water partition coefficient (Wildman–Crippen LogP) is 5.04. The number of nitrogens with zero attached hydrogens (tertiary/aromatic N) is 1. The number of hydrogen-bond acceptors (Lipinski definition) is 2. The minimum Gasteiger partial charge on any atom is -0.486 e. The number of halogens is 1. The van der Waals surface area contributed by atoms with E-state index in [0.29, 0.717) is 12.1 Å². The topological polar surface area (TPSA) is 29.5 Å². The highest BCUT2D eigenvalue weighted by Crippen LogP contribution is 2.38. The maximum Gasteiger partial charge on any atom is 0.258 e. The van der Waals surface area contributed by atoms with Gasteiger partial charge >= 0.3 is 0 Å². The number of para-hydroxylation sites is 1. The van der Waals surface area contributed by atoms with Crippen molar-refractivity contribution in [3.63, 3.8) is 0 Å². The second-order valence-corrected chi connectivity index (χ2v) is 6.35. The molecule has 0 aliphatic carbocycles. The van der Waals surface area contributed by atoms with E-state index in [1.165, 1.54) is 0 Å². The van der Waals surface area contributed by atoms with Gasteiger partial charge in [0.1, 0.15) is 6.10 Å². The molecule has 2 aromatic rings. The van der Waals surface area contributed by atoms with Gasteiger partial charge in [-0.05, 0) is 30.2 Å². The third kappa shape index (κ3) is 3.11. The predicted molar refractivity (Wildman–Crippen MR) is 102 cm³/mol. The van der Waals surface area contributed by atoms with Gasteiger partial charge in [0, 0.05) is 16.5 Å². The Bertz CT molecular complexity index is 755. The summed E-state index contributed by atoms with van der Waals surface area (Å²) in [5.74, 6) is 0.747. The number of carbonyl (C=O) groups excluding carboxylic acids is 1. The molecule has 1 amide bonds. The Kier molecular flexibility index (Phi) is 5.05. The molecule has 24 heavy (non-hydrogen) atoms. The summed E-state index contributed by atoms with van der Waals surface area (Å²) in [4.78, 5) is 14.9. The van der Waals surface area contributed by atoms with Crippen LogP contribution in [0.4, 0.5) is 5.69 Å². The van der Waals surface area contributed by atoms with Crippen LogP contribution >= 0.6 is 15.9 Å². The molecule has 1 aliphatic heterocycles. The number of rotatable bonds is 4. The van der Waals surface area contributed by atoms with Crippen molar-refractivity contribution in [2.45, 2.75) is 24.8 Å². The Morgan fingerprint density at radius 2 is 2.08 bits per heavy atom. The van der Waals surface area contributed by atoms with E-state index in [9.17, 15) is 4.79 Å². The third-order valence-corrected chi connectivity index (χ3v) is 4.91.